The largest absolute Gasteiger partial charge is 0.331 e. The van der Waals surface area contributed by atoms with Gasteiger partial charge in [0, 0.05) is 30.6 Å². The zero-order valence-corrected chi connectivity index (χ0v) is 11.7. The Kier molecular flexibility index (Phi) is 4.04. The van der Waals surface area contributed by atoms with Crippen LogP contribution in [0.4, 0.5) is 5.69 Å². The van der Waals surface area contributed by atoms with Gasteiger partial charge in [0.2, 0.25) is 5.91 Å². The lowest BCUT2D eigenvalue weighted by atomic mass is 9.99. The van der Waals surface area contributed by atoms with Gasteiger partial charge < -0.3 is 10.6 Å². The zero-order valence-electron chi connectivity index (χ0n) is 11.7. The molecule has 1 aromatic rings. The maximum atomic E-state index is 12.1. The van der Waals surface area contributed by atoms with Crippen LogP contribution in [0.5, 0.6) is 0 Å². The number of rotatable bonds is 4. The van der Waals surface area contributed by atoms with Crippen LogP contribution in [0.15, 0.2) is 24.3 Å². The molecule has 3 unspecified atom stereocenters. The van der Waals surface area contributed by atoms with Gasteiger partial charge in [0.25, 0.3) is 5.69 Å². The summed E-state index contributed by atoms with van der Waals surface area (Å²) in [6, 6.07) is 5.94. The molecule has 1 saturated heterocycles. The molecule has 1 aromatic carbocycles. The molecule has 1 heterocycles. The number of hydrogen-bond donors (Lipinski definition) is 1. The number of nitrogens with zero attached hydrogens (tertiary/aromatic N) is 2. The Bertz CT molecular complexity index is 515. The lowest BCUT2D eigenvalue weighted by Crippen LogP contribution is -2.38. The number of likely N-dealkylation sites (tertiary alicyclic amines) is 1. The fraction of sp³-hybridized carbons (Fsp3) is 0.500. The molecule has 6 nitrogen and oxygen atoms in total. The van der Waals surface area contributed by atoms with Gasteiger partial charge in [-0.15, -0.1) is 0 Å². The van der Waals surface area contributed by atoms with Crippen LogP contribution in [0, 0.1) is 10.1 Å². The summed E-state index contributed by atoms with van der Waals surface area (Å²) in [6.07, 6.45) is 1.17. The number of nitrogens with two attached hydrogens (primary N) is 1. The van der Waals surface area contributed by atoms with E-state index in [1.165, 1.54) is 12.1 Å². The summed E-state index contributed by atoms with van der Waals surface area (Å²) in [7, 11) is 0. The number of carbonyl (C=O) groups is 1. The highest BCUT2D eigenvalue weighted by molar-refractivity contribution is 5.80. The highest BCUT2D eigenvalue weighted by Crippen LogP contribution is 2.35. The fourth-order valence-electron chi connectivity index (χ4n) is 2.70. The van der Waals surface area contributed by atoms with Gasteiger partial charge in [-0.2, -0.15) is 0 Å². The van der Waals surface area contributed by atoms with E-state index in [1.54, 1.807) is 12.1 Å². The van der Waals surface area contributed by atoms with E-state index in [9.17, 15) is 14.9 Å². The van der Waals surface area contributed by atoms with Gasteiger partial charge in [0.15, 0.2) is 0 Å². The van der Waals surface area contributed by atoms with E-state index in [0.717, 1.165) is 12.0 Å². The van der Waals surface area contributed by atoms with Gasteiger partial charge in [0.1, 0.15) is 0 Å². The number of nitro benzene ring substituents is 1. The van der Waals surface area contributed by atoms with Gasteiger partial charge in [-0.05, 0) is 18.9 Å². The van der Waals surface area contributed by atoms with E-state index >= 15 is 0 Å². The van der Waals surface area contributed by atoms with Crippen LogP contribution in [0.3, 0.4) is 0 Å². The highest BCUT2D eigenvalue weighted by Gasteiger charge is 2.40. The molecule has 3 atom stereocenters. The summed E-state index contributed by atoms with van der Waals surface area (Å²) >= 11 is 0. The maximum absolute atomic E-state index is 12.1. The molecule has 0 radical (unpaired) electrons. The first kappa shape index (κ1) is 14.5. The molecule has 1 aliphatic heterocycles. The Hall–Kier alpha value is -1.95. The third-order valence-corrected chi connectivity index (χ3v) is 3.91. The Morgan fingerprint density at radius 2 is 2.05 bits per heavy atom. The van der Waals surface area contributed by atoms with E-state index in [1.807, 2.05) is 18.7 Å². The average molecular weight is 277 g/mol. The molecular weight excluding hydrogens is 258 g/mol. The van der Waals surface area contributed by atoms with Gasteiger partial charge in [-0.3, -0.25) is 14.9 Å². The smallest absolute Gasteiger partial charge is 0.269 e. The van der Waals surface area contributed by atoms with Crippen molar-refractivity contribution in [1.82, 2.24) is 4.90 Å². The second-order valence-electron chi connectivity index (χ2n) is 5.22. The summed E-state index contributed by atoms with van der Waals surface area (Å²) in [5.41, 5.74) is 6.98. The predicted octanol–water partition coefficient (Wildman–Crippen LogP) is 1.99. The van der Waals surface area contributed by atoms with Crippen molar-refractivity contribution in [2.75, 3.05) is 0 Å². The van der Waals surface area contributed by atoms with Crippen molar-refractivity contribution < 1.29 is 9.72 Å². The van der Waals surface area contributed by atoms with E-state index in [-0.39, 0.29) is 29.7 Å². The van der Waals surface area contributed by atoms with Gasteiger partial charge >= 0.3 is 0 Å². The van der Waals surface area contributed by atoms with Crippen LogP contribution in [-0.4, -0.2) is 27.8 Å². The minimum absolute atomic E-state index is 0.0433. The number of nitro groups is 1. The molecule has 1 amide bonds. The number of non-ortho nitro benzene ring substituents is 1. The number of amides is 1. The number of benzene rings is 1. The molecule has 0 aromatic heterocycles. The first-order valence-corrected chi connectivity index (χ1v) is 6.76. The van der Waals surface area contributed by atoms with Crippen LogP contribution in [0.2, 0.25) is 0 Å². The summed E-state index contributed by atoms with van der Waals surface area (Å²) < 4.78 is 0. The fourth-order valence-corrected chi connectivity index (χ4v) is 2.70. The van der Waals surface area contributed by atoms with Crippen LogP contribution < -0.4 is 5.73 Å². The third-order valence-electron chi connectivity index (χ3n) is 3.91. The van der Waals surface area contributed by atoms with E-state index in [0.29, 0.717) is 6.42 Å². The number of hydrogen-bond acceptors (Lipinski definition) is 4. The van der Waals surface area contributed by atoms with Gasteiger partial charge in [-0.25, -0.2) is 0 Å². The van der Waals surface area contributed by atoms with Crippen molar-refractivity contribution in [3.05, 3.63) is 39.9 Å². The molecule has 1 fully saturated rings. The predicted molar refractivity (Wildman–Crippen MR) is 75.0 cm³/mol. The van der Waals surface area contributed by atoms with Crippen LogP contribution in [-0.2, 0) is 4.79 Å². The second kappa shape index (κ2) is 5.58. The van der Waals surface area contributed by atoms with Gasteiger partial charge in [0.05, 0.1) is 11.0 Å². The van der Waals surface area contributed by atoms with E-state index < -0.39 is 4.92 Å². The van der Waals surface area contributed by atoms with Crippen molar-refractivity contribution in [2.45, 2.75) is 44.8 Å². The highest BCUT2D eigenvalue weighted by atomic mass is 16.6. The molecule has 0 aliphatic carbocycles. The minimum atomic E-state index is -0.435. The zero-order chi connectivity index (χ0) is 14.9. The summed E-state index contributed by atoms with van der Waals surface area (Å²) in [4.78, 5) is 24.1. The van der Waals surface area contributed by atoms with E-state index in [2.05, 4.69) is 0 Å². The minimum Gasteiger partial charge on any atom is -0.331 e. The van der Waals surface area contributed by atoms with Crippen molar-refractivity contribution in [3.8, 4) is 0 Å². The molecule has 0 saturated carbocycles. The van der Waals surface area contributed by atoms with Crippen LogP contribution in [0.25, 0.3) is 0 Å². The average Bonchev–Trinajstić information content (AvgIpc) is 2.72. The summed E-state index contributed by atoms with van der Waals surface area (Å²) in [5, 5.41) is 10.7. The molecule has 2 N–H and O–H groups in total. The lowest BCUT2D eigenvalue weighted by Gasteiger charge is -2.32. The first-order valence-electron chi connectivity index (χ1n) is 6.76. The standard InChI is InChI=1S/C14H19N3O3/c1-3-9(2)16-13(18)8-12(15)14(16)10-4-6-11(7-5-10)17(19)20/h4-7,9,12,14H,3,8,15H2,1-2H3. The SMILES string of the molecule is CCC(C)N1C(=O)CC(N)C1c1ccc([N+](=O)[O-])cc1. The Morgan fingerprint density at radius 3 is 2.55 bits per heavy atom. The Morgan fingerprint density at radius 1 is 1.45 bits per heavy atom. The molecule has 0 spiro atoms. The first-order chi connectivity index (χ1) is 9.45. The molecule has 0 bridgehead atoms. The quantitative estimate of drug-likeness (QED) is 0.673. The second-order valence-corrected chi connectivity index (χ2v) is 5.22. The van der Waals surface area contributed by atoms with Crippen molar-refractivity contribution in [2.24, 2.45) is 5.73 Å². The van der Waals surface area contributed by atoms with Crippen LogP contribution in [0.1, 0.15) is 38.3 Å². The Balaban J connectivity index is 2.32. The van der Waals surface area contributed by atoms with Crippen molar-refractivity contribution in [3.63, 3.8) is 0 Å². The molecule has 2 rings (SSSR count). The topological polar surface area (TPSA) is 89.5 Å². The molecule has 108 valence electrons. The van der Waals surface area contributed by atoms with Crippen LogP contribution >= 0.6 is 0 Å². The maximum Gasteiger partial charge on any atom is 0.269 e. The van der Waals surface area contributed by atoms with E-state index in [4.69, 9.17) is 5.73 Å². The monoisotopic (exact) mass is 277 g/mol. The molecule has 20 heavy (non-hydrogen) atoms. The van der Waals surface area contributed by atoms with Crippen molar-refractivity contribution in [1.29, 1.82) is 0 Å². The Labute approximate surface area is 117 Å². The molecule has 6 heteroatoms. The van der Waals surface area contributed by atoms with Gasteiger partial charge in [-0.1, -0.05) is 19.1 Å². The third kappa shape index (κ3) is 2.51. The molecular formula is C14H19N3O3. The van der Waals surface area contributed by atoms with Crippen molar-refractivity contribution >= 4 is 11.6 Å². The molecule has 1 aliphatic rings. The lowest BCUT2D eigenvalue weighted by molar-refractivity contribution is -0.384. The normalized spacial score (nSPS) is 23.9. The summed E-state index contributed by atoms with van der Waals surface area (Å²) in [6.45, 7) is 4.02. The summed E-state index contributed by atoms with van der Waals surface area (Å²) in [5.74, 6) is 0.0511. The number of carbonyl (C=O) groups excluding carboxylic acids is 1.